The zero-order valence-electron chi connectivity index (χ0n) is 8.79. The lowest BCUT2D eigenvalue weighted by molar-refractivity contribution is -0.160. The van der Waals surface area contributed by atoms with Gasteiger partial charge in [-0.05, 0) is 20.8 Å². The Bertz CT molecular complexity index is 168. The fourth-order valence-electron chi connectivity index (χ4n) is 0.694. The lowest BCUT2D eigenvalue weighted by Gasteiger charge is -2.22. The molecule has 0 aliphatic carbocycles. The summed E-state index contributed by atoms with van der Waals surface area (Å²) in [5.41, 5.74) is 4.82. The molecule has 1 atom stereocenters. The minimum Gasteiger partial charge on any atom is -0.460 e. The Kier molecular flexibility index (Phi) is 4.95. The van der Waals surface area contributed by atoms with Gasteiger partial charge in [-0.15, -0.1) is 0 Å². The quantitative estimate of drug-likeness (QED) is 0.641. The summed E-state index contributed by atoms with van der Waals surface area (Å²) in [6.07, 6.45) is -0.219. The van der Waals surface area contributed by atoms with Crippen molar-refractivity contribution in [3.8, 4) is 0 Å². The van der Waals surface area contributed by atoms with E-state index in [1.54, 1.807) is 27.9 Å². The molecular formula is C9H19NO3. The topological polar surface area (TPSA) is 61.5 Å². The fraction of sp³-hybridized carbons (Fsp3) is 0.889. The molecule has 0 fully saturated rings. The summed E-state index contributed by atoms with van der Waals surface area (Å²) in [6.45, 7) is 6.00. The van der Waals surface area contributed by atoms with Gasteiger partial charge in [-0.25, -0.2) is 0 Å². The third-order valence-corrected chi connectivity index (χ3v) is 1.77. The molecule has 0 aliphatic rings. The lowest BCUT2D eigenvalue weighted by Crippen LogP contribution is -2.36. The van der Waals surface area contributed by atoms with Crippen molar-refractivity contribution in [2.45, 2.75) is 26.9 Å². The van der Waals surface area contributed by atoms with Gasteiger partial charge in [-0.2, -0.15) is 0 Å². The summed E-state index contributed by atoms with van der Waals surface area (Å²) in [7, 11) is 1.57. The van der Waals surface area contributed by atoms with Gasteiger partial charge in [0.15, 0.2) is 0 Å². The lowest BCUT2D eigenvalue weighted by atomic mass is 9.94. The Morgan fingerprint density at radius 1 is 1.54 bits per heavy atom. The van der Waals surface area contributed by atoms with E-state index >= 15 is 0 Å². The summed E-state index contributed by atoms with van der Waals surface area (Å²) in [6, 6.07) is 0. The minimum absolute atomic E-state index is 0.219. The first-order chi connectivity index (χ1) is 5.94. The molecule has 4 nitrogen and oxygen atoms in total. The van der Waals surface area contributed by atoms with Crippen LogP contribution in [0.1, 0.15) is 20.8 Å². The van der Waals surface area contributed by atoms with Crippen molar-refractivity contribution >= 4 is 5.97 Å². The number of carbonyl (C=O) groups is 1. The van der Waals surface area contributed by atoms with Crippen molar-refractivity contribution in [2.24, 2.45) is 11.1 Å². The van der Waals surface area contributed by atoms with E-state index < -0.39 is 5.41 Å². The molecule has 1 unspecified atom stereocenters. The van der Waals surface area contributed by atoms with Crippen LogP contribution in [0.3, 0.4) is 0 Å². The van der Waals surface area contributed by atoms with Gasteiger partial charge < -0.3 is 15.2 Å². The van der Waals surface area contributed by atoms with Crippen LogP contribution in [0.15, 0.2) is 0 Å². The maximum atomic E-state index is 11.4. The fourth-order valence-corrected chi connectivity index (χ4v) is 0.694. The monoisotopic (exact) mass is 189 g/mol. The molecule has 0 rings (SSSR count). The molecule has 2 N–H and O–H groups in total. The first-order valence-electron chi connectivity index (χ1n) is 4.34. The third kappa shape index (κ3) is 4.24. The van der Waals surface area contributed by atoms with Crippen LogP contribution in [0, 0.1) is 5.41 Å². The zero-order valence-corrected chi connectivity index (χ0v) is 8.79. The molecule has 0 saturated heterocycles. The third-order valence-electron chi connectivity index (χ3n) is 1.77. The van der Waals surface area contributed by atoms with Crippen LogP contribution >= 0.6 is 0 Å². The first-order valence-corrected chi connectivity index (χ1v) is 4.34. The summed E-state index contributed by atoms with van der Waals surface area (Å²) in [4.78, 5) is 11.4. The van der Waals surface area contributed by atoms with Crippen molar-refractivity contribution in [2.75, 3.05) is 20.3 Å². The SMILES string of the molecule is COCC(C)OC(=O)C(C)(C)CN. The number of hydrogen-bond donors (Lipinski definition) is 1. The van der Waals surface area contributed by atoms with Crippen molar-refractivity contribution in [1.29, 1.82) is 0 Å². The average Bonchev–Trinajstić information content (AvgIpc) is 2.04. The van der Waals surface area contributed by atoms with E-state index in [1.807, 2.05) is 0 Å². The molecule has 0 amide bonds. The maximum Gasteiger partial charge on any atom is 0.313 e. The molecule has 0 aromatic rings. The Hall–Kier alpha value is -0.610. The molecule has 0 aromatic heterocycles. The number of ether oxygens (including phenoxy) is 2. The normalized spacial score (nSPS) is 13.9. The predicted molar refractivity (Wildman–Crippen MR) is 50.3 cm³/mol. The minimum atomic E-state index is -0.609. The van der Waals surface area contributed by atoms with Gasteiger partial charge in [0.1, 0.15) is 6.10 Å². The smallest absolute Gasteiger partial charge is 0.313 e. The Labute approximate surface area is 79.4 Å². The summed E-state index contributed by atoms with van der Waals surface area (Å²) in [5.74, 6) is -0.278. The van der Waals surface area contributed by atoms with Crippen molar-refractivity contribution in [3.63, 3.8) is 0 Å². The van der Waals surface area contributed by atoms with Crippen LogP contribution in [0.2, 0.25) is 0 Å². The largest absolute Gasteiger partial charge is 0.460 e. The summed E-state index contributed by atoms with van der Waals surface area (Å²) in [5, 5.41) is 0. The Morgan fingerprint density at radius 2 is 2.08 bits per heavy atom. The van der Waals surface area contributed by atoms with Crippen LogP contribution in [-0.4, -0.2) is 32.3 Å². The molecule has 78 valence electrons. The van der Waals surface area contributed by atoms with Crippen molar-refractivity contribution < 1.29 is 14.3 Å². The number of esters is 1. The van der Waals surface area contributed by atoms with E-state index in [9.17, 15) is 4.79 Å². The van der Waals surface area contributed by atoms with E-state index in [-0.39, 0.29) is 18.6 Å². The van der Waals surface area contributed by atoms with Gasteiger partial charge in [0.25, 0.3) is 0 Å². The van der Waals surface area contributed by atoms with Crippen molar-refractivity contribution in [3.05, 3.63) is 0 Å². The van der Waals surface area contributed by atoms with E-state index in [0.29, 0.717) is 6.61 Å². The van der Waals surface area contributed by atoms with Gasteiger partial charge >= 0.3 is 5.97 Å². The number of hydrogen-bond acceptors (Lipinski definition) is 4. The Morgan fingerprint density at radius 3 is 2.46 bits per heavy atom. The highest BCUT2D eigenvalue weighted by molar-refractivity contribution is 5.76. The molecular weight excluding hydrogens is 170 g/mol. The molecule has 0 heterocycles. The van der Waals surface area contributed by atoms with Crippen LogP contribution in [0.4, 0.5) is 0 Å². The highest BCUT2D eigenvalue weighted by Crippen LogP contribution is 2.15. The highest BCUT2D eigenvalue weighted by Gasteiger charge is 2.28. The molecule has 0 aromatic carbocycles. The Balaban J connectivity index is 3.99. The second kappa shape index (κ2) is 5.19. The summed E-state index contributed by atoms with van der Waals surface area (Å²) < 4.78 is 9.94. The van der Waals surface area contributed by atoms with Crippen LogP contribution in [0.25, 0.3) is 0 Å². The average molecular weight is 189 g/mol. The van der Waals surface area contributed by atoms with Gasteiger partial charge in [0, 0.05) is 13.7 Å². The molecule has 0 aliphatic heterocycles. The standard InChI is InChI=1S/C9H19NO3/c1-7(5-12-4)13-8(11)9(2,3)6-10/h7H,5-6,10H2,1-4H3. The second-order valence-electron chi connectivity index (χ2n) is 3.76. The van der Waals surface area contributed by atoms with Gasteiger partial charge in [0.2, 0.25) is 0 Å². The van der Waals surface area contributed by atoms with E-state index in [2.05, 4.69) is 0 Å². The first kappa shape index (κ1) is 12.4. The second-order valence-corrected chi connectivity index (χ2v) is 3.76. The molecule has 0 saturated carbocycles. The number of nitrogens with two attached hydrogens (primary N) is 1. The van der Waals surface area contributed by atoms with E-state index in [0.717, 1.165) is 0 Å². The van der Waals surface area contributed by atoms with E-state index in [4.69, 9.17) is 15.2 Å². The molecule has 4 heteroatoms. The number of rotatable bonds is 5. The van der Waals surface area contributed by atoms with Crippen LogP contribution in [-0.2, 0) is 14.3 Å². The van der Waals surface area contributed by atoms with E-state index in [1.165, 1.54) is 0 Å². The van der Waals surface area contributed by atoms with Crippen LogP contribution < -0.4 is 5.73 Å². The van der Waals surface area contributed by atoms with Gasteiger partial charge in [-0.1, -0.05) is 0 Å². The predicted octanol–water partition coefficient (Wildman–Crippen LogP) is 0.549. The zero-order chi connectivity index (χ0) is 10.5. The molecule has 0 radical (unpaired) electrons. The highest BCUT2D eigenvalue weighted by atomic mass is 16.6. The molecule has 13 heavy (non-hydrogen) atoms. The number of carbonyl (C=O) groups excluding carboxylic acids is 1. The van der Waals surface area contributed by atoms with Crippen LogP contribution in [0.5, 0.6) is 0 Å². The maximum absolute atomic E-state index is 11.4. The number of methoxy groups -OCH3 is 1. The molecule has 0 spiro atoms. The van der Waals surface area contributed by atoms with Crippen molar-refractivity contribution in [1.82, 2.24) is 0 Å². The molecule has 0 bridgehead atoms. The van der Waals surface area contributed by atoms with Gasteiger partial charge in [-0.3, -0.25) is 4.79 Å². The summed E-state index contributed by atoms with van der Waals surface area (Å²) >= 11 is 0. The van der Waals surface area contributed by atoms with Gasteiger partial charge in [0.05, 0.1) is 12.0 Å².